The molecule has 0 aromatic carbocycles. The summed E-state index contributed by atoms with van der Waals surface area (Å²) in [7, 11) is 0. The van der Waals surface area contributed by atoms with Gasteiger partial charge in [-0.3, -0.25) is 4.79 Å². The van der Waals surface area contributed by atoms with Crippen molar-refractivity contribution in [3.63, 3.8) is 0 Å². The number of nitrogens with zero attached hydrogens (tertiary/aromatic N) is 1. The fraction of sp³-hybridized carbons (Fsp3) is 0.733. The Morgan fingerprint density at radius 3 is 2.48 bits per heavy atom. The number of aliphatic hydroxyl groups excluding tert-OH is 2. The standard InChI is InChI=1S/C15H28N4O4/c1-5-10(21)13(22)14-12(18-8(4)20)9(19-15(16)17)6-11(23-14)7(2)3/h6-7,9-10,12-14,21-22H,5H2,1-4H3,(H,18,20)(H4,16,17,19)/t9-,10+,12-,13+,14+/m0/s1. The fourth-order valence-corrected chi connectivity index (χ4v) is 2.50. The van der Waals surface area contributed by atoms with Gasteiger partial charge < -0.3 is 31.7 Å². The minimum absolute atomic E-state index is 0.0402. The van der Waals surface area contributed by atoms with E-state index in [0.717, 1.165) is 0 Å². The van der Waals surface area contributed by atoms with Gasteiger partial charge in [0.1, 0.15) is 12.2 Å². The van der Waals surface area contributed by atoms with Crippen molar-refractivity contribution in [2.45, 2.75) is 64.5 Å². The fourth-order valence-electron chi connectivity index (χ4n) is 2.50. The number of hydrogen-bond donors (Lipinski definition) is 5. The normalized spacial score (nSPS) is 26.7. The molecule has 0 aromatic rings. The van der Waals surface area contributed by atoms with Crippen molar-refractivity contribution in [2.75, 3.05) is 0 Å². The van der Waals surface area contributed by atoms with E-state index in [1.165, 1.54) is 6.92 Å². The molecule has 0 aliphatic carbocycles. The molecule has 8 heteroatoms. The summed E-state index contributed by atoms with van der Waals surface area (Å²) >= 11 is 0. The molecule has 1 amide bonds. The van der Waals surface area contributed by atoms with E-state index in [2.05, 4.69) is 10.3 Å². The number of carbonyl (C=O) groups excluding carboxylic acids is 1. The van der Waals surface area contributed by atoms with E-state index < -0.39 is 30.4 Å². The molecular formula is C15H28N4O4. The van der Waals surface area contributed by atoms with Crippen molar-refractivity contribution in [1.29, 1.82) is 0 Å². The maximum Gasteiger partial charge on any atom is 0.217 e. The molecule has 0 aromatic heterocycles. The molecule has 23 heavy (non-hydrogen) atoms. The van der Waals surface area contributed by atoms with Crippen molar-refractivity contribution in [2.24, 2.45) is 22.4 Å². The van der Waals surface area contributed by atoms with Crippen LogP contribution < -0.4 is 16.8 Å². The number of amides is 1. The summed E-state index contributed by atoms with van der Waals surface area (Å²) in [6.07, 6.45) is -0.948. The Bertz CT molecular complexity index is 474. The molecule has 1 heterocycles. The van der Waals surface area contributed by atoms with Crippen LogP contribution in [0, 0.1) is 5.92 Å². The maximum atomic E-state index is 11.5. The highest BCUT2D eigenvalue weighted by Gasteiger charge is 2.42. The van der Waals surface area contributed by atoms with Gasteiger partial charge in [-0.25, -0.2) is 4.99 Å². The van der Waals surface area contributed by atoms with E-state index >= 15 is 0 Å². The highest BCUT2D eigenvalue weighted by Crippen LogP contribution is 2.28. The summed E-state index contributed by atoms with van der Waals surface area (Å²) in [5, 5.41) is 23.1. The second-order valence-corrected chi connectivity index (χ2v) is 6.04. The average molecular weight is 328 g/mol. The number of allylic oxidation sites excluding steroid dienone is 1. The van der Waals surface area contributed by atoms with Gasteiger partial charge in [0.25, 0.3) is 0 Å². The molecule has 1 aliphatic rings. The zero-order valence-corrected chi connectivity index (χ0v) is 14.1. The predicted octanol–water partition coefficient (Wildman–Crippen LogP) is -0.796. The number of ether oxygens (including phenoxy) is 1. The van der Waals surface area contributed by atoms with E-state index in [1.54, 1.807) is 13.0 Å². The number of rotatable bonds is 6. The second-order valence-electron chi connectivity index (χ2n) is 6.04. The van der Waals surface area contributed by atoms with E-state index in [-0.39, 0.29) is 17.8 Å². The monoisotopic (exact) mass is 328 g/mol. The van der Waals surface area contributed by atoms with Crippen molar-refractivity contribution in [1.82, 2.24) is 5.32 Å². The van der Waals surface area contributed by atoms with Gasteiger partial charge in [-0.2, -0.15) is 0 Å². The van der Waals surface area contributed by atoms with Gasteiger partial charge in [0.15, 0.2) is 5.96 Å². The summed E-state index contributed by atoms with van der Waals surface area (Å²) in [6.45, 7) is 6.96. The lowest BCUT2D eigenvalue weighted by atomic mass is 9.90. The quantitative estimate of drug-likeness (QED) is 0.319. The van der Waals surface area contributed by atoms with Gasteiger partial charge in [0, 0.05) is 12.8 Å². The Hall–Kier alpha value is -1.80. The molecule has 0 fully saturated rings. The van der Waals surface area contributed by atoms with Crippen LogP contribution in [0.4, 0.5) is 0 Å². The molecule has 0 spiro atoms. The van der Waals surface area contributed by atoms with Gasteiger partial charge in [-0.05, 0) is 12.5 Å². The third-order valence-electron chi connectivity index (χ3n) is 3.72. The average Bonchev–Trinajstić information content (AvgIpc) is 2.45. The summed E-state index contributed by atoms with van der Waals surface area (Å²) in [6, 6.07) is -1.27. The molecule has 132 valence electrons. The van der Waals surface area contributed by atoms with E-state index in [4.69, 9.17) is 16.2 Å². The predicted molar refractivity (Wildman–Crippen MR) is 87.3 cm³/mol. The van der Waals surface area contributed by atoms with Gasteiger partial charge in [-0.15, -0.1) is 0 Å². The Kier molecular flexibility index (Phi) is 6.83. The van der Waals surface area contributed by atoms with Crippen LogP contribution in [0.5, 0.6) is 0 Å². The van der Waals surface area contributed by atoms with Crippen molar-refractivity contribution < 1.29 is 19.7 Å². The Morgan fingerprint density at radius 2 is 2.04 bits per heavy atom. The van der Waals surface area contributed by atoms with Crippen molar-refractivity contribution in [3.8, 4) is 0 Å². The van der Waals surface area contributed by atoms with Crippen LogP contribution in [0.1, 0.15) is 34.1 Å². The lowest BCUT2D eigenvalue weighted by Crippen LogP contribution is -2.59. The van der Waals surface area contributed by atoms with E-state index in [9.17, 15) is 15.0 Å². The number of hydrogen-bond acceptors (Lipinski definition) is 5. The first-order valence-electron chi connectivity index (χ1n) is 7.77. The zero-order chi connectivity index (χ0) is 17.7. The first-order valence-corrected chi connectivity index (χ1v) is 7.77. The van der Waals surface area contributed by atoms with Crippen LogP contribution in [0.3, 0.4) is 0 Å². The van der Waals surface area contributed by atoms with Crippen LogP contribution in [0.25, 0.3) is 0 Å². The summed E-state index contributed by atoms with van der Waals surface area (Å²) in [4.78, 5) is 15.7. The molecule has 0 saturated carbocycles. The van der Waals surface area contributed by atoms with E-state index in [0.29, 0.717) is 12.2 Å². The number of guanidine groups is 1. The molecular weight excluding hydrogens is 300 g/mol. The highest BCUT2D eigenvalue weighted by atomic mass is 16.5. The van der Waals surface area contributed by atoms with Gasteiger partial charge in [0.05, 0.1) is 23.9 Å². The van der Waals surface area contributed by atoms with Gasteiger partial charge in [0.2, 0.25) is 5.91 Å². The molecule has 5 atom stereocenters. The van der Waals surface area contributed by atoms with Gasteiger partial charge in [-0.1, -0.05) is 20.8 Å². The van der Waals surface area contributed by atoms with Crippen molar-refractivity contribution >= 4 is 11.9 Å². The molecule has 8 nitrogen and oxygen atoms in total. The third-order valence-corrected chi connectivity index (χ3v) is 3.72. The third kappa shape index (κ3) is 5.11. The van der Waals surface area contributed by atoms with Crippen LogP contribution in [0.15, 0.2) is 16.8 Å². The number of carbonyl (C=O) groups is 1. The Morgan fingerprint density at radius 1 is 1.43 bits per heavy atom. The first-order chi connectivity index (χ1) is 10.7. The van der Waals surface area contributed by atoms with Crippen LogP contribution in [0.2, 0.25) is 0 Å². The minimum atomic E-state index is -1.18. The highest BCUT2D eigenvalue weighted by molar-refractivity contribution is 5.76. The Balaban J connectivity index is 3.25. The molecule has 0 bridgehead atoms. The van der Waals surface area contributed by atoms with E-state index in [1.807, 2.05) is 13.8 Å². The largest absolute Gasteiger partial charge is 0.490 e. The molecule has 0 unspecified atom stereocenters. The molecule has 0 radical (unpaired) electrons. The van der Waals surface area contributed by atoms with Crippen LogP contribution >= 0.6 is 0 Å². The zero-order valence-electron chi connectivity index (χ0n) is 14.1. The molecule has 7 N–H and O–H groups in total. The number of aliphatic hydroxyl groups is 2. The molecule has 0 saturated heterocycles. The smallest absolute Gasteiger partial charge is 0.217 e. The number of nitrogens with one attached hydrogen (secondary N) is 1. The minimum Gasteiger partial charge on any atom is -0.490 e. The maximum absolute atomic E-state index is 11.5. The second kappa shape index (κ2) is 8.16. The summed E-state index contributed by atoms with van der Waals surface area (Å²) < 4.78 is 5.84. The molecule has 1 aliphatic heterocycles. The lowest BCUT2D eigenvalue weighted by molar-refractivity contribution is -0.125. The summed E-state index contributed by atoms with van der Waals surface area (Å²) in [5.74, 6) is 0.210. The number of nitrogens with two attached hydrogens (primary N) is 2. The van der Waals surface area contributed by atoms with Crippen molar-refractivity contribution in [3.05, 3.63) is 11.8 Å². The van der Waals surface area contributed by atoms with Crippen LogP contribution in [-0.4, -0.2) is 52.5 Å². The Labute approximate surface area is 136 Å². The molecule has 1 rings (SSSR count). The van der Waals surface area contributed by atoms with Gasteiger partial charge >= 0.3 is 0 Å². The lowest BCUT2D eigenvalue weighted by Gasteiger charge is -2.40. The summed E-state index contributed by atoms with van der Waals surface area (Å²) in [5.41, 5.74) is 11.0. The van der Waals surface area contributed by atoms with Crippen LogP contribution in [-0.2, 0) is 9.53 Å². The first kappa shape index (κ1) is 19.2. The number of aliphatic imine (C=N–C) groups is 1. The SMILES string of the molecule is CC[C@@H](O)[C@@H](O)[C@@H]1OC(C(C)C)=C[C@H](N=C(N)N)[C@@H]1NC(C)=O. The topological polar surface area (TPSA) is 143 Å².